The number of carbonyl (C=O) groups excluding carboxylic acids is 1. The van der Waals surface area contributed by atoms with E-state index in [0.29, 0.717) is 16.1 Å². The normalized spacial score (nSPS) is 10.3. The van der Waals surface area contributed by atoms with Crippen LogP contribution in [0, 0.1) is 6.92 Å². The second kappa shape index (κ2) is 5.88. The third kappa shape index (κ3) is 2.88. The summed E-state index contributed by atoms with van der Waals surface area (Å²) in [5.41, 5.74) is 2.49. The number of carboxylic acid groups (broad SMARTS) is 1. The smallest absolute Gasteiger partial charge is 0.335 e. The molecule has 0 spiro atoms. The number of nitrogens with one attached hydrogen (secondary N) is 1. The summed E-state index contributed by atoms with van der Waals surface area (Å²) in [5.74, 6) is -1.12. The molecule has 2 N–H and O–H groups in total. The molecule has 20 heavy (non-hydrogen) atoms. The quantitative estimate of drug-likeness (QED) is 0.904. The second-order valence-corrected chi connectivity index (χ2v) is 5.33. The molecule has 5 heteroatoms. The van der Waals surface area contributed by atoms with Gasteiger partial charge in [-0.1, -0.05) is 6.92 Å². The van der Waals surface area contributed by atoms with Crippen molar-refractivity contribution in [1.29, 1.82) is 0 Å². The van der Waals surface area contributed by atoms with Crippen molar-refractivity contribution >= 4 is 28.9 Å². The van der Waals surface area contributed by atoms with Crippen LogP contribution in [0.5, 0.6) is 0 Å². The number of hydrogen-bond donors (Lipinski definition) is 2. The van der Waals surface area contributed by atoms with Crippen LogP contribution >= 0.6 is 11.3 Å². The zero-order valence-electron chi connectivity index (χ0n) is 11.3. The van der Waals surface area contributed by atoms with Gasteiger partial charge in [-0.3, -0.25) is 4.79 Å². The van der Waals surface area contributed by atoms with Gasteiger partial charge >= 0.3 is 5.97 Å². The number of aromatic carboxylic acids is 1. The highest BCUT2D eigenvalue weighted by atomic mass is 32.1. The maximum absolute atomic E-state index is 12.2. The summed E-state index contributed by atoms with van der Waals surface area (Å²) in [6.07, 6.45) is 0.809. The Balaban J connectivity index is 2.20. The van der Waals surface area contributed by atoms with Gasteiger partial charge in [-0.2, -0.15) is 0 Å². The monoisotopic (exact) mass is 289 g/mol. The first-order chi connectivity index (χ1) is 9.52. The Morgan fingerprint density at radius 1 is 1.30 bits per heavy atom. The molecule has 0 aliphatic heterocycles. The highest BCUT2D eigenvalue weighted by Crippen LogP contribution is 2.21. The first-order valence-electron chi connectivity index (χ1n) is 6.24. The van der Waals surface area contributed by atoms with Crippen LogP contribution in [0.1, 0.15) is 38.1 Å². The summed E-state index contributed by atoms with van der Waals surface area (Å²) in [6.45, 7) is 3.71. The van der Waals surface area contributed by atoms with Crippen molar-refractivity contribution in [2.24, 2.45) is 0 Å². The van der Waals surface area contributed by atoms with E-state index in [4.69, 9.17) is 5.11 Å². The van der Waals surface area contributed by atoms with Crippen LogP contribution in [0.15, 0.2) is 29.6 Å². The molecule has 1 aromatic heterocycles. The summed E-state index contributed by atoms with van der Waals surface area (Å²) >= 11 is 1.41. The third-order valence-corrected chi connectivity index (χ3v) is 4.00. The number of benzene rings is 1. The minimum Gasteiger partial charge on any atom is -0.478 e. The third-order valence-electron chi connectivity index (χ3n) is 3.05. The maximum atomic E-state index is 12.2. The van der Waals surface area contributed by atoms with Crippen LogP contribution in [-0.2, 0) is 6.42 Å². The van der Waals surface area contributed by atoms with Crippen LogP contribution in [-0.4, -0.2) is 17.0 Å². The molecular formula is C15H15NO3S. The molecule has 0 fully saturated rings. The first-order valence-corrected chi connectivity index (χ1v) is 7.12. The maximum Gasteiger partial charge on any atom is 0.335 e. The van der Waals surface area contributed by atoms with Gasteiger partial charge in [0.15, 0.2) is 0 Å². The lowest BCUT2D eigenvalue weighted by molar-refractivity contribution is 0.0696. The molecule has 4 nitrogen and oxygen atoms in total. The highest BCUT2D eigenvalue weighted by molar-refractivity contribution is 7.12. The molecule has 0 saturated heterocycles. The summed E-state index contributed by atoms with van der Waals surface area (Å²) in [5, 5.41) is 13.7. The second-order valence-electron chi connectivity index (χ2n) is 4.42. The lowest BCUT2D eigenvalue weighted by Crippen LogP contribution is -2.12. The van der Waals surface area contributed by atoms with E-state index in [2.05, 4.69) is 5.32 Å². The van der Waals surface area contributed by atoms with E-state index in [1.165, 1.54) is 17.4 Å². The summed E-state index contributed by atoms with van der Waals surface area (Å²) in [6, 6.07) is 6.72. The molecule has 0 aliphatic rings. The van der Waals surface area contributed by atoms with Crippen LogP contribution in [0.2, 0.25) is 0 Å². The van der Waals surface area contributed by atoms with Gasteiger partial charge in [0.05, 0.1) is 10.4 Å². The Hall–Kier alpha value is -2.14. The van der Waals surface area contributed by atoms with Crippen molar-refractivity contribution in [3.8, 4) is 0 Å². The predicted octanol–water partition coefficient (Wildman–Crippen LogP) is 3.57. The van der Waals surface area contributed by atoms with Crippen molar-refractivity contribution in [3.05, 3.63) is 51.2 Å². The topological polar surface area (TPSA) is 66.4 Å². The Labute approximate surface area is 121 Å². The van der Waals surface area contributed by atoms with E-state index in [1.807, 2.05) is 18.4 Å². The number of thiophene rings is 1. The number of rotatable bonds is 4. The van der Waals surface area contributed by atoms with Gasteiger partial charge in [-0.15, -0.1) is 11.3 Å². The zero-order chi connectivity index (χ0) is 14.7. The van der Waals surface area contributed by atoms with Gasteiger partial charge in [0.25, 0.3) is 5.91 Å². The van der Waals surface area contributed by atoms with Gasteiger partial charge in [-0.05, 0) is 54.1 Å². The number of carboxylic acids is 1. The average molecular weight is 289 g/mol. The molecule has 0 bridgehead atoms. The Morgan fingerprint density at radius 3 is 2.65 bits per heavy atom. The fourth-order valence-corrected chi connectivity index (χ4v) is 2.87. The molecule has 0 unspecified atom stereocenters. The molecular weight excluding hydrogens is 274 g/mol. The highest BCUT2D eigenvalue weighted by Gasteiger charge is 2.13. The first kappa shape index (κ1) is 14.3. The molecule has 0 saturated carbocycles. The molecule has 0 atom stereocenters. The van der Waals surface area contributed by atoms with Crippen molar-refractivity contribution < 1.29 is 14.7 Å². The lowest BCUT2D eigenvalue weighted by atomic mass is 10.1. The largest absolute Gasteiger partial charge is 0.478 e. The Bertz CT molecular complexity index is 661. The van der Waals surface area contributed by atoms with Crippen molar-refractivity contribution in [3.63, 3.8) is 0 Å². The van der Waals surface area contributed by atoms with Gasteiger partial charge in [0, 0.05) is 5.69 Å². The number of anilines is 1. The molecule has 1 heterocycles. The van der Waals surface area contributed by atoms with Crippen LogP contribution in [0.4, 0.5) is 5.69 Å². The standard InChI is InChI=1S/C15H15NO3S/c1-3-10-6-7-20-13(10)14(17)16-11-4-5-12(15(18)19)9(2)8-11/h4-8H,3H2,1-2H3,(H,16,17)(H,18,19). The van der Waals surface area contributed by atoms with E-state index in [9.17, 15) is 9.59 Å². The van der Waals surface area contributed by atoms with Crippen LogP contribution in [0.25, 0.3) is 0 Å². The van der Waals surface area contributed by atoms with Gasteiger partial charge in [0.2, 0.25) is 0 Å². The average Bonchev–Trinajstić information content (AvgIpc) is 2.86. The molecule has 0 radical (unpaired) electrons. The number of amides is 1. The Morgan fingerprint density at radius 2 is 2.05 bits per heavy atom. The number of hydrogen-bond acceptors (Lipinski definition) is 3. The number of carbonyl (C=O) groups is 2. The fraction of sp³-hybridized carbons (Fsp3) is 0.200. The zero-order valence-corrected chi connectivity index (χ0v) is 12.1. The van der Waals surface area contributed by atoms with Crippen LogP contribution < -0.4 is 5.32 Å². The van der Waals surface area contributed by atoms with E-state index >= 15 is 0 Å². The van der Waals surface area contributed by atoms with E-state index in [-0.39, 0.29) is 11.5 Å². The molecule has 104 valence electrons. The minimum absolute atomic E-state index is 0.153. The summed E-state index contributed by atoms with van der Waals surface area (Å²) in [7, 11) is 0. The number of aryl methyl sites for hydroxylation is 2. The molecule has 2 aromatic rings. The van der Waals surface area contributed by atoms with E-state index in [1.54, 1.807) is 19.1 Å². The van der Waals surface area contributed by atoms with E-state index < -0.39 is 5.97 Å². The molecule has 1 aromatic carbocycles. The fourth-order valence-electron chi connectivity index (χ4n) is 1.98. The lowest BCUT2D eigenvalue weighted by Gasteiger charge is -2.08. The predicted molar refractivity (Wildman–Crippen MR) is 79.8 cm³/mol. The SMILES string of the molecule is CCc1ccsc1C(=O)Nc1ccc(C(=O)O)c(C)c1. The minimum atomic E-state index is -0.966. The van der Waals surface area contributed by atoms with E-state index in [0.717, 1.165) is 12.0 Å². The molecule has 2 rings (SSSR count). The van der Waals surface area contributed by atoms with Crippen molar-refractivity contribution in [2.75, 3.05) is 5.32 Å². The Kier molecular flexibility index (Phi) is 4.20. The summed E-state index contributed by atoms with van der Waals surface area (Å²) in [4.78, 5) is 23.8. The molecule has 0 aliphatic carbocycles. The van der Waals surface area contributed by atoms with Gasteiger partial charge in [-0.25, -0.2) is 4.79 Å². The summed E-state index contributed by atoms with van der Waals surface area (Å²) < 4.78 is 0. The van der Waals surface area contributed by atoms with Gasteiger partial charge in [0.1, 0.15) is 0 Å². The van der Waals surface area contributed by atoms with Gasteiger partial charge < -0.3 is 10.4 Å². The van der Waals surface area contributed by atoms with Crippen molar-refractivity contribution in [2.45, 2.75) is 20.3 Å². The molecule has 1 amide bonds. The van der Waals surface area contributed by atoms with Crippen molar-refractivity contribution in [1.82, 2.24) is 0 Å². The van der Waals surface area contributed by atoms with Crippen LogP contribution in [0.3, 0.4) is 0 Å².